The quantitative estimate of drug-likeness (QED) is 0.726. The Kier molecular flexibility index (Phi) is 4.69. The molecule has 19 heavy (non-hydrogen) atoms. The summed E-state index contributed by atoms with van der Waals surface area (Å²) in [6.07, 6.45) is 4.24. The first-order valence-corrected chi connectivity index (χ1v) is 6.30. The van der Waals surface area contributed by atoms with Gasteiger partial charge in [-0.1, -0.05) is 18.2 Å². The Morgan fingerprint density at radius 1 is 1.37 bits per heavy atom. The minimum Gasteiger partial charge on any atom is -0.347 e. The van der Waals surface area contributed by atoms with Crippen molar-refractivity contribution in [1.82, 2.24) is 20.6 Å². The van der Waals surface area contributed by atoms with Gasteiger partial charge in [-0.3, -0.25) is 4.79 Å². The molecule has 0 aliphatic heterocycles. The number of benzene rings is 1. The number of likely N-dealkylation sites (N-methyl/N-ethyl adjacent to an activating group) is 1. The number of rotatable bonds is 6. The van der Waals surface area contributed by atoms with Crippen LogP contribution in [0.3, 0.4) is 0 Å². The predicted octanol–water partition coefficient (Wildman–Crippen LogP) is 1.10. The number of amides is 1. The maximum atomic E-state index is 12.2. The van der Waals surface area contributed by atoms with Crippen LogP contribution in [0.5, 0.6) is 0 Å². The summed E-state index contributed by atoms with van der Waals surface area (Å²) < 4.78 is 0. The van der Waals surface area contributed by atoms with E-state index in [1.54, 1.807) is 12.4 Å². The lowest BCUT2D eigenvalue weighted by molar-refractivity contribution is 0.0949. The average molecular weight is 258 g/mol. The van der Waals surface area contributed by atoms with E-state index in [9.17, 15) is 4.79 Å². The van der Waals surface area contributed by atoms with Crippen molar-refractivity contribution in [2.45, 2.75) is 13.0 Å². The first kappa shape index (κ1) is 13.3. The third-order valence-corrected chi connectivity index (χ3v) is 2.88. The SMILES string of the molecule is CNCCc1ccccc1C(=O)NCc1ncc[nH]1. The number of aromatic nitrogens is 2. The summed E-state index contributed by atoms with van der Waals surface area (Å²) >= 11 is 0. The van der Waals surface area contributed by atoms with Gasteiger partial charge in [-0.25, -0.2) is 4.98 Å². The van der Waals surface area contributed by atoms with E-state index in [1.807, 2.05) is 31.3 Å². The van der Waals surface area contributed by atoms with Crippen LogP contribution in [0.2, 0.25) is 0 Å². The van der Waals surface area contributed by atoms with Crippen LogP contribution in [0.15, 0.2) is 36.7 Å². The largest absolute Gasteiger partial charge is 0.347 e. The van der Waals surface area contributed by atoms with Crippen LogP contribution in [-0.4, -0.2) is 29.5 Å². The molecular formula is C14H18N4O. The molecule has 2 aromatic rings. The fourth-order valence-corrected chi connectivity index (χ4v) is 1.87. The molecule has 0 spiro atoms. The van der Waals surface area contributed by atoms with Crippen molar-refractivity contribution in [2.75, 3.05) is 13.6 Å². The molecule has 0 saturated heterocycles. The zero-order valence-electron chi connectivity index (χ0n) is 10.9. The number of hydrogen-bond donors (Lipinski definition) is 3. The van der Waals surface area contributed by atoms with Gasteiger partial charge in [0.05, 0.1) is 6.54 Å². The first-order valence-electron chi connectivity index (χ1n) is 6.30. The Morgan fingerprint density at radius 3 is 2.95 bits per heavy atom. The van der Waals surface area contributed by atoms with Crippen LogP contribution >= 0.6 is 0 Å². The van der Waals surface area contributed by atoms with E-state index in [4.69, 9.17) is 0 Å². The standard InChI is InChI=1S/C14H18N4O/c1-15-7-6-11-4-2-3-5-12(11)14(19)18-10-13-16-8-9-17-13/h2-5,8-9,15H,6-7,10H2,1H3,(H,16,17)(H,18,19). The van der Waals surface area contributed by atoms with E-state index in [1.165, 1.54) is 0 Å². The first-order chi connectivity index (χ1) is 9.31. The van der Waals surface area contributed by atoms with Gasteiger partial charge < -0.3 is 15.6 Å². The van der Waals surface area contributed by atoms with Crippen molar-refractivity contribution in [3.8, 4) is 0 Å². The highest BCUT2D eigenvalue weighted by Crippen LogP contribution is 2.09. The van der Waals surface area contributed by atoms with E-state index in [0.29, 0.717) is 6.54 Å². The van der Waals surface area contributed by atoms with Crippen LogP contribution in [0, 0.1) is 0 Å². The van der Waals surface area contributed by atoms with Crippen molar-refractivity contribution < 1.29 is 4.79 Å². The molecule has 100 valence electrons. The minimum absolute atomic E-state index is 0.0666. The summed E-state index contributed by atoms with van der Waals surface area (Å²) in [5, 5.41) is 5.96. The molecule has 5 heteroatoms. The molecular weight excluding hydrogens is 240 g/mol. The van der Waals surface area contributed by atoms with Gasteiger partial charge in [-0.2, -0.15) is 0 Å². The zero-order chi connectivity index (χ0) is 13.5. The molecule has 0 bridgehead atoms. The number of carbonyl (C=O) groups is 1. The molecule has 1 aromatic carbocycles. The number of hydrogen-bond acceptors (Lipinski definition) is 3. The summed E-state index contributed by atoms with van der Waals surface area (Å²) in [5.41, 5.74) is 1.78. The maximum absolute atomic E-state index is 12.2. The van der Waals surface area contributed by atoms with Crippen LogP contribution in [-0.2, 0) is 13.0 Å². The molecule has 0 aliphatic rings. The van der Waals surface area contributed by atoms with E-state index in [2.05, 4.69) is 20.6 Å². The van der Waals surface area contributed by atoms with Crippen molar-refractivity contribution in [2.24, 2.45) is 0 Å². The summed E-state index contributed by atoms with van der Waals surface area (Å²) in [5.74, 6) is 0.684. The molecule has 5 nitrogen and oxygen atoms in total. The van der Waals surface area contributed by atoms with Gasteiger partial charge in [0.1, 0.15) is 5.82 Å². The molecule has 0 fully saturated rings. The minimum atomic E-state index is -0.0666. The Balaban J connectivity index is 2.01. The topological polar surface area (TPSA) is 69.8 Å². The van der Waals surface area contributed by atoms with E-state index < -0.39 is 0 Å². The van der Waals surface area contributed by atoms with E-state index in [0.717, 1.165) is 29.9 Å². The Bertz CT molecular complexity index is 522. The summed E-state index contributed by atoms with van der Waals surface area (Å²) in [6, 6.07) is 7.67. The molecule has 1 aromatic heterocycles. The fraction of sp³-hybridized carbons (Fsp3) is 0.286. The van der Waals surface area contributed by atoms with Crippen LogP contribution in [0.25, 0.3) is 0 Å². The molecule has 0 atom stereocenters. The zero-order valence-corrected chi connectivity index (χ0v) is 10.9. The number of nitrogens with one attached hydrogen (secondary N) is 3. The van der Waals surface area contributed by atoms with Crippen LogP contribution in [0.4, 0.5) is 0 Å². The van der Waals surface area contributed by atoms with Crippen molar-refractivity contribution in [1.29, 1.82) is 0 Å². The second-order valence-electron chi connectivity index (χ2n) is 4.23. The molecule has 1 amide bonds. The number of H-pyrrole nitrogens is 1. The highest BCUT2D eigenvalue weighted by Gasteiger charge is 2.10. The number of imidazole rings is 1. The van der Waals surface area contributed by atoms with Gasteiger partial charge in [-0.05, 0) is 31.6 Å². The van der Waals surface area contributed by atoms with Gasteiger partial charge in [0.25, 0.3) is 5.91 Å². The molecule has 0 radical (unpaired) electrons. The van der Waals surface area contributed by atoms with Gasteiger partial charge in [0.15, 0.2) is 0 Å². The van der Waals surface area contributed by atoms with Crippen molar-refractivity contribution >= 4 is 5.91 Å². The van der Waals surface area contributed by atoms with Crippen LogP contribution < -0.4 is 10.6 Å². The van der Waals surface area contributed by atoms with Gasteiger partial charge in [0.2, 0.25) is 0 Å². The monoisotopic (exact) mass is 258 g/mol. The fourth-order valence-electron chi connectivity index (χ4n) is 1.87. The normalized spacial score (nSPS) is 10.4. The smallest absolute Gasteiger partial charge is 0.251 e. The lowest BCUT2D eigenvalue weighted by atomic mass is 10.0. The molecule has 3 N–H and O–H groups in total. The third-order valence-electron chi connectivity index (χ3n) is 2.88. The highest BCUT2D eigenvalue weighted by atomic mass is 16.1. The summed E-state index contributed by atoms with van der Waals surface area (Å²) in [7, 11) is 1.90. The second kappa shape index (κ2) is 6.70. The van der Waals surface area contributed by atoms with Crippen LogP contribution in [0.1, 0.15) is 21.7 Å². The van der Waals surface area contributed by atoms with Gasteiger partial charge in [0, 0.05) is 18.0 Å². The Hall–Kier alpha value is -2.14. The van der Waals surface area contributed by atoms with Gasteiger partial charge in [-0.15, -0.1) is 0 Å². The third kappa shape index (κ3) is 3.66. The Labute approximate surface area is 112 Å². The van der Waals surface area contributed by atoms with Crippen molar-refractivity contribution in [3.05, 3.63) is 53.6 Å². The average Bonchev–Trinajstić information content (AvgIpc) is 2.96. The van der Waals surface area contributed by atoms with E-state index in [-0.39, 0.29) is 5.91 Å². The lowest BCUT2D eigenvalue weighted by Crippen LogP contribution is -2.25. The molecule has 0 aliphatic carbocycles. The predicted molar refractivity (Wildman–Crippen MR) is 73.8 cm³/mol. The van der Waals surface area contributed by atoms with Gasteiger partial charge >= 0.3 is 0 Å². The van der Waals surface area contributed by atoms with Crippen molar-refractivity contribution in [3.63, 3.8) is 0 Å². The molecule has 2 rings (SSSR count). The summed E-state index contributed by atoms with van der Waals surface area (Å²) in [6.45, 7) is 1.26. The highest BCUT2D eigenvalue weighted by molar-refractivity contribution is 5.95. The molecule has 0 saturated carbocycles. The molecule has 1 heterocycles. The number of nitrogens with zero attached hydrogens (tertiary/aromatic N) is 1. The maximum Gasteiger partial charge on any atom is 0.251 e. The lowest BCUT2D eigenvalue weighted by Gasteiger charge is -2.09. The Morgan fingerprint density at radius 2 is 2.21 bits per heavy atom. The van der Waals surface area contributed by atoms with E-state index >= 15 is 0 Å². The summed E-state index contributed by atoms with van der Waals surface area (Å²) in [4.78, 5) is 19.2. The molecule has 0 unspecified atom stereocenters. The second-order valence-corrected chi connectivity index (χ2v) is 4.23. The number of carbonyl (C=O) groups excluding carboxylic acids is 1. The number of aromatic amines is 1.